The van der Waals surface area contributed by atoms with Gasteiger partial charge >= 0.3 is 0 Å². The lowest BCUT2D eigenvalue weighted by Crippen LogP contribution is -1.96. The van der Waals surface area contributed by atoms with E-state index in [0.717, 1.165) is 23.0 Å². The number of nitrogens with zero attached hydrogens (tertiary/aromatic N) is 5. The highest BCUT2D eigenvalue weighted by Crippen LogP contribution is 2.13. The van der Waals surface area contributed by atoms with Crippen LogP contribution in [0, 0.1) is 0 Å². The highest BCUT2D eigenvalue weighted by Gasteiger charge is 2.02. The molecule has 5 nitrogen and oxygen atoms in total. The van der Waals surface area contributed by atoms with Crippen LogP contribution >= 0.6 is 11.8 Å². The summed E-state index contributed by atoms with van der Waals surface area (Å²) in [5.41, 5.74) is 1.10. The smallest absolute Gasteiger partial charge is 0.209 e. The van der Waals surface area contributed by atoms with Crippen molar-refractivity contribution in [1.82, 2.24) is 25.2 Å². The molecule has 0 aliphatic carbocycles. The fourth-order valence-electron chi connectivity index (χ4n) is 1.14. The summed E-state index contributed by atoms with van der Waals surface area (Å²) in [6, 6.07) is 5.94. The Morgan fingerprint density at radius 1 is 1.40 bits per heavy atom. The topological polar surface area (TPSA) is 56.5 Å². The quantitative estimate of drug-likeness (QED) is 0.719. The van der Waals surface area contributed by atoms with Crippen LogP contribution in [0.5, 0.6) is 0 Å². The minimum absolute atomic E-state index is 0.839. The summed E-state index contributed by atoms with van der Waals surface area (Å²) in [6.45, 7) is 0. The molecule has 2 heterocycles. The van der Waals surface area contributed by atoms with Gasteiger partial charge in [-0.15, -0.1) is 5.10 Å². The zero-order chi connectivity index (χ0) is 10.5. The van der Waals surface area contributed by atoms with E-state index in [1.807, 2.05) is 31.4 Å². The largest absolute Gasteiger partial charge is 0.261 e. The van der Waals surface area contributed by atoms with Gasteiger partial charge in [0, 0.05) is 24.7 Å². The van der Waals surface area contributed by atoms with Crippen molar-refractivity contribution in [3.8, 4) is 0 Å². The average Bonchev–Trinajstić information content (AvgIpc) is 2.66. The van der Waals surface area contributed by atoms with Crippen molar-refractivity contribution in [3.63, 3.8) is 0 Å². The molecular formula is C9H11N5S. The number of pyridine rings is 1. The van der Waals surface area contributed by atoms with Crippen LogP contribution in [0.4, 0.5) is 0 Å². The maximum absolute atomic E-state index is 4.25. The molecule has 0 atom stereocenters. The van der Waals surface area contributed by atoms with E-state index in [9.17, 15) is 0 Å². The molecule has 0 amide bonds. The normalized spacial score (nSPS) is 10.5. The third-order valence-corrected chi connectivity index (χ3v) is 2.91. The summed E-state index contributed by atoms with van der Waals surface area (Å²) in [5.74, 6) is 0.936. The van der Waals surface area contributed by atoms with Crippen molar-refractivity contribution in [1.29, 1.82) is 0 Å². The SMILES string of the molecule is Cn1nnnc1SCCc1ccccn1. The maximum Gasteiger partial charge on any atom is 0.209 e. The van der Waals surface area contributed by atoms with Crippen molar-refractivity contribution in [3.05, 3.63) is 30.1 Å². The minimum atomic E-state index is 0.839. The zero-order valence-corrected chi connectivity index (χ0v) is 9.18. The lowest BCUT2D eigenvalue weighted by molar-refractivity contribution is 0.664. The van der Waals surface area contributed by atoms with Gasteiger partial charge in [-0.1, -0.05) is 17.8 Å². The third-order valence-electron chi connectivity index (χ3n) is 1.90. The number of rotatable bonds is 4. The Balaban J connectivity index is 1.83. The zero-order valence-electron chi connectivity index (χ0n) is 8.37. The predicted octanol–water partition coefficient (Wildman–Crippen LogP) is 0.940. The van der Waals surface area contributed by atoms with Crippen molar-refractivity contribution < 1.29 is 0 Å². The molecule has 0 N–H and O–H groups in total. The van der Waals surface area contributed by atoms with Crippen LogP contribution in [-0.2, 0) is 13.5 Å². The van der Waals surface area contributed by atoms with E-state index < -0.39 is 0 Å². The molecule has 0 radical (unpaired) electrons. The highest BCUT2D eigenvalue weighted by atomic mass is 32.2. The van der Waals surface area contributed by atoms with Gasteiger partial charge in [0.15, 0.2) is 0 Å². The number of tetrazole rings is 1. The van der Waals surface area contributed by atoms with Gasteiger partial charge in [0.05, 0.1) is 0 Å². The first-order valence-corrected chi connectivity index (χ1v) is 5.60. The molecule has 0 unspecified atom stereocenters. The summed E-state index contributed by atoms with van der Waals surface area (Å²) in [6.07, 6.45) is 2.74. The second-order valence-electron chi connectivity index (χ2n) is 3.00. The number of aromatic nitrogens is 5. The third kappa shape index (κ3) is 2.76. The molecule has 0 bridgehead atoms. The predicted molar refractivity (Wildman–Crippen MR) is 57.5 cm³/mol. The molecule has 0 aromatic carbocycles. The Labute approximate surface area is 91.9 Å². The molecule has 0 aliphatic rings. The Morgan fingerprint density at radius 3 is 3.00 bits per heavy atom. The molecule has 15 heavy (non-hydrogen) atoms. The second kappa shape index (κ2) is 4.88. The van der Waals surface area contributed by atoms with Crippen LogP contribution < -0.4 is 0 Å². The highest BCUT2D eigenvalue weighted by molar-refractivity contribution is 7.99. The van der Waals surface area contributed by atoms with Crippen LogP contribution in [0.25, 0.3) is 0 Å². The van der Waals surface area contributed by atoms with Gasteiger partial charge in [0.25, 0.3) is 0 Å². The van der Waals surface area contributed by atoms with Crippen molar-refractivity contribution in [2.75, 3.05) is 5.75 Å². The first-order valence-electron chi connectivity index (χ1n) is 4.61. The number of hydrogen-bond acceptors (Lipinski definition) is 5. The molecule has 0 saturated heterocycles. The first-order chi connectivity index (χ1) is 7.36. The molecule has 2 aromatic rings. The number of thioether (sulfide) groups is 1. The first kappa shape index (κ1) is 10.1. The molecule has 0 spiro atoms. The standard InChI is InChI=1S/C9H11N5S/c1-14-9(11-12-13-14)15-7-5-8-4-2-3-6-10-8/h2-4,6H,5,7H2,1H3. The molecule has 0 saturated carbocycles. The second-order valence-corrected chi connectivity index (χ2v) is 4.07. The van der Waals surface area contributed by atoms with E-state index in [4.69, 9.17) is 0 Å². The van der Waals surface area contributed by atoms with Gasteiger partial charge in [-0.05, 0) is 29.0 Å². The Morgan fingerprint density at radius 2 is 2.33 bits per heavy atom. The van der Waals surface area contributed by atoms with Crippen LogP contribution in [-0.4, -0.2) is 30.9 Å². The molecule has 2 rings (SSSR count). The van der Waals surface area contributed by atoms with E-state index in [-0.39, 0.29) is 0 Å². The van der Waals surface area contributed by atoms with E-state index in [0.29, 0.717) is 0 Å². The van der Waals surface area contributed by atoms with E-state index >= 15 is 0 Å². The summed E-state index contributed by atoms with van der Waals surface area (Å²) in [7, 11) is 1.84. The lowest BCUT2D eigenvalue weighted by Gasteiger charge is -1.99. The van der Waals surface area contributed by atoms with Gasteiger partial charge in [-0.2, -0.15) is 0 Å². The van der Waals surface area contributed by atoms with Gasteiger partial charge in [-0.3, -0.25) is 4.98 Å². The Bertz CT molecular complexity index is 413. The van der Waals surface area contributed by atoms with Gasteiger partial charge in [0.2, 0.25) is 5.16 Å². The molecule has 2 aromatic heterocycles. The summed E-state index contributed by atoms with van der Waals surface area (Å²) >= 11 is 1.64. The number of aryl methyl sites for hydroxylation is 2. The summed E-state index contributed by atoms with van der Waals surface area (Å²) in [4.78, 5) is 4.25. The van der Waals surface area contributed by atoms with E-state index in [2.05, 4.69) is 20.5 Å². The fraction of sp³-hybridized carbons (Fsp3) is 0.333. The van der Waals surface area contributed by atoms with Gasteiger partial charge in [-0.25, -0.2) is 4.68 Å². The Kier molecular flexibility index (Phi) is 3.29. The van der Waals surface area contributed by atoms with Gasteiger partial charge in [0.1, 0.15) is 0 Å². The molecular weight excluding hydrogens is 210 g/mol. The van der Waals surface area contributed by atoms with Crippen LogP contribution in [0.1, 0.15) is 5.69 Å². The van der Waals surface area contributed by atoms with E-state index in [1.165, 1.54) is 0 Å². The molecule has 78 valence electrons. The molecule has 0 fully saturated rings. The van der Waals surface area contributed by atoms with Crippen LogP contribution in [0.2, 0.25) is 0 Å². The maximum atomic E-state index is 4.25. The van der Waals surface area contributed by atoms with Crippen LogP contribution in [0.15, 0.2) is 29.6 Å². The summed E-state index contributed by atoms with van der Waals surface area (Å²) in [5, 5.41) is 12.1. The van der Waals surface area contributed by atoms with Crippen molar-refractivity contribution in [2.24, 2.45) is 7.05 Å². The molecule has 6 heteroatoms. The monoisotopic (exact) mass is 221 g/mol. The summed E-state index contributed by atoms with van der Waals surface area (Å²) < 4.78 is 1.67. The van der Waals surface area contributed by atoms with E-state index in [1.54, 1.807) is 16.4 Å². The van der Waals surface area contributed by atoms with Gasteiger partial charge < -0.3 is 0 Å². The Hall–Kier alpha value is -1.43. The van der Waals surface area contributed by atoms with Crippen molar-refractivity contribution >= 4 is 11.8 Å². The minimum Gasteiger partial charge on any atom is -0.261 e. The lowest BCUT2D eigenvalue weighted by atomic mass is 10.3. The van der Waals surface area contributed by atoms with Crippen LogP contribution in [0.3, 0.4) is 0 Å². The number of hydrogen-bond donors (Lipinski definition) is 0. The fourth-order valence-corrected chi connectivity index (χ4v) is 1.95. The average molecular weight is 221 g/mol. The molecule has 0 aliphatic heterocycles. The van der Waals surface area contributed by atoms with Crippen molar-refractivity contribution in [2.45, 2.75) is 11.6 Å².